The van der Waals surface area contributed by atoms with Crippen molar-refractivity contribution in [2.75, 3.05) is 13.1 Å². The third kappa shape index (κ3) is 4.82. The lowest BCUT2D eigenvalue weighted by Crippen LogP contribution is -2.31. The zero-order chi connectivity index (χ0) is 14.5. The van der Waals surface area contributed by atoms with Gasteiger partial charge in [0, 0.05) is 18.6 Å². The number of hydrogen-bond donors (Lipinski definition) is 1. The summed E-state index contributed by atoms with van der Waals surface area (Å²) in [6, 6.07) is 10.9. The van der Waals surface area contributed by atoms with Crippen molar-refractivity contribution in [3.63, 3.8) is 0 Å². The second-order valence-corrected chi connectivity index (χ2v) is 6.96. The van der Waals surface area contributed by atoms with Crippen LogP contribution in [0.25, 0.3) is 0 Å². The molecule has 0 bridgehead atoms. The molecule has 2 fully saturated rings. The monoisotopic (exact) mass is 286 g/mol. The van der Waals surface area contributed by atoms with Crippen molar-refractivity contribution in [2.45, 2.75) is 70.5 Å². The number of hydrogen-bond acceptors (Lipinski definition) is 2. The van der Waals surface area contributed by atoms with Crippen molar-refractivity contribution in [3.05, 3.63) is 35.4 Å². The summed E-state index contributed by atoms with van der Waals surface area (Å²) in [5.74, 6) is 0. The Hall–Kier alpha value is -0.860. The molecule has 1 aromatic rings. The summed E-state index contributed by atoms with van der Waals surface area (Å²) < 4.78 is 0. The molecule has 1 heterocycles. The fourth-order valence-electron chi connectivity index (χ4n) is 3.32. The average molecular weight is 286 g/mol. The van der Waals surface area contributed by atoms with Crippen LogP contribution >= 0.6 is 0 Å². The van der Waals surface area contributed by atoms with Crippen LogP contribution in [0.4, 0.5) is 0 Å². The van der Waals surface area contributed by atoms with Crippen LogP contribution in [0, 0.1) is 0 Å². The molecule has 1 N–H and O–H groups in total. The van der Waals surface area contributed by atoms with Crippen LogP contribution in [0.1, 0.15) is 56.6 Å². The molecule has 0 radical (unpaired) electrons. The van der Waals surface area contributed by atoms with E-state index in [2.05, 4.69) is 41.4 Å². The Morgan fingerprint density at radius 3 is 2.52 bits per heavy atom. The highest BCUT2D eigenvalue weighted by molar-refractivity contribution is 5.23. The number of nitrogens with one attached hydrogen (secondary N) is 1. The highest BCUT2D eigenvalue weighted by Crippen LogP contribution is 2.20. The summed E-state index contributed by atoms with van der Waals surface area (Å²) in [5, 5.41) is 3.59. The van der Waals surface area contributed by atoms with Gasteiger partial charge in [0.2, 0.25) is 0 Å². The SMILES string of the molecule is CC1CCCCCN1Cc1ccc(CCNC2CC2)cc1. The molecule has 1 atom stereocenters. The zero-order valence-corrected chi connectivity index (χ0v) is 13.5. The molecule has 0 spiro atoms. The van der Waals surface area contributed by atoms with Crippen molar-refractivity contribution in [1.29, 1.82) is 0 Å². The Labute approximate surface area is 129 Å². The predicted molar refractivity (Wildman–Crippen MR) is 89.5 cm³/mol. The average Bonchev–Trinajstić information content (AvgIpc) is 3.32. The van der Waals surface area contributed by atoms with E-state index < -0.39 is 0 Å². The molecule has 0 aromatic heterocycles. The van der Waals surface area contributed by atoms with Gasteiger partial charge < -0.3 is 5.32 Å². The van der Waals surface area contributed by atoms with Gasteiger partial charge in [-0.3, -0.25) is 4.90 Å². The van der Waals surface area contributed by atoms with Gasteiger partial charge in [-0.25, -0.2) is 0 Å². The first-order valence-corrected chi connectivity index (χ1v) is 8.86. The molecule has 3 rings (SSSR count). The first-order valence-electron chi connectivity index (χ1n) is 8.86. The van der Waals surface area contributed by atoms with Gasteiger partial charge in [-0.15, -0.1) is 0 Å². The summed E-state index contributed by atoms with van der Waals surface area (Å²) in [4.78, 5) is 2.66. The minimum atomic E-state index is 0.745. The second-order valence-electron chi connectivity index (χ2n) is 6.96. The van der Waals surface area contributed by atoms with E-state index in [9.17, 15) is 0 Å². The molecule has 1 aliphatic heterocycles. The van der Waals surface area contributed by atoms with Crippen molar-refractivity contribution in [3.8, 4) is 0 Å². The summed E-state index contributed by atoms with van der Waals surface area (Å²) in [6.45, 7) is 5.92. The third-order valence-electron chi connectivity index (χ3n) is 5.02. The fourth-order valence-corrected chi connectivity index (χ4v) is 3.32. The van der Waals surface area contributed by atoms with Crippen LogP contribution in [0.3, 0.4) is 0 Å². The van der Waals surface area contributed by atoms with Crippen LogP contribution in [0.2, 0.25) is 0 Å². The lowest BCUT2D eigenvalue weighted by molar-refractivity contribution is 0.205. The molecule has 1 saturated carbocycles. The fraction of sp³-hybridized carbons (Fsp3) is 0.684. The van der Waals surface area contributed by atoms with Gasteiger partial charge in [-0.05, 0) is 63.2 Å². The Morgan fingerprint density at radius 2 is 1.76 bits per heavy atom. The van der Waals surface area contributed by atoms with Crippen molar-refractivity contribution < 1.29 is 0 Å². The number of likely N-dealkylation sites (tertiary alicyclic amines) is 1. The lowest BCUT2D eigenvalue weighted by atomic mass is 10.1. The maximum Gasteiger partial charge on any atom is 0.0236 e. The molecule has 1 aliphatic carbocycles. The summed E-state index contributed by atoms with van der Waals surface area (Å²) in [6.07, 6.45) is 9.48. The number of benzene rings is 1. The lowest BCUT2D eigenvalue weighted by Gasteiger charge is -2.27. The molecule has 2 nitrogen and oxygen atoms in total. The van der Waals surface area contributed by atoms with E-state index in [1.165, 1.54) is 56.2 Å². The van der Waals surface area contributed by atoms with Gasteiger partial charge in [0.1, 0.15) is 0 Å². The molecule has 21 heavy (non-hydrogen) atoms. The number of nitrogens with zero attached hydrogens (tertiary/aromatic N) is 1. The molecular weight excluding hydrogens is 256 g/mol. The molecule has 116 valence electrons. The van der Waals surface area contributed by atoms with Crippen LogP contribution in [-0.2, 0) is 13.0 Å². The van der Waals surface area contributed by atoms with Gasteiger partial charge in [-0.1, -0.05) is 37.1 Å². The summed E-state index contributed by atoms with van der Waals surface area (Å²) in [5.41, 5.74) is 2.94. The van der Waals surface area contributed by atoms with Crippen LogP contribution in [-0.4, -0.2) is 30.1 Å². The van der Waals surface area contributed by atoms with E-state index in [-0.39, 0.29) is 0 Å². The van der Waals surface area contributed by atoms with E-state index in [0.29, 0.717) is 0 Å². The number of rotatable bonds is 6. The zero-order valence-electron chi connectivity index (χ0n) is 13.5. The largest absolute Gasteiger partial charge is 0.314 e. The predicted octanol–water partition coefficient (Wildman–Crippen LogP) is 3.75. The smallest absolute Gasteiger partial charge is 0.0236 e. The van der Waals surface area contributed by atoms with Gasteiger partial charge in [0.25, 0.3) is 0 Å². The van der Waals surface area contributed by atoms with E-state index in [1.54, 1.807) is 0 Å². The Bertz CT molecular complexity index is 422. The molecular formula is C19H30N2. The standard InChI is InChI=1S/C19H30N2/c1-16-5-3-2-4-14-21(16)15-18-8-6-17(7-9-18)12-13-20-19-10-11-19/h6-9,16,19-20H,2-5,10-15H2,1H3. The molecule has 2 aliphatic rings. The van der Waals surface area contributed by atoms with Crippen LogP contribution in [0.15, 0.2) is 24.3 Å². The Balaban J connectivity index is 1.48. The Kier molecular flexibility index (Phi) is 5.32. The van der Waals surface area contributed by atoms with Crippen molar-refractivity contribution in [2.24, 2.45) is 0 Å². The molecule has 1 saturated heterocycles. The quantitative estimate of drug-likeness (QED) is 0.857. The molecule has 0 amide bonds. The first-order chi connectivity index (χ1) is 10.3. The normalized spacial score (nSPS) is 24.0. The van der Waals surface area contributed by atoms with Crippen molar-refractivity contribution >= 4 is 0 Å². The first kappa shape index (κ1) is 15.1. The third-order valence-corrected chi connectivity index (χ3v) is 5.02. The molecule has 2 heteroatoms. The highest BCUT2D eigenvalue weighted by Gasteiger charge is 2.19. The van der Waals surface area contributed by atoms with Crippen molar-refractivity contribution in [1.82, 2.24) is 10.2 Å². The van der Waals surface area contributed by atoms with Gasteiger partial charge >= 0.3 is 0 Å². The summed E-state index contributed by atoms with van der Waals surface area (Å²) >= 11 is 0. The topological polar surface area (TPSA) is 15.3 Å². The molecule has 1 aromatic carbocycles. The van der Waals surface area contributed by atoms with Gasteiger partial charge in [0.05, 0.1) is 0 Å². The van der Waals surface area contributed by atoms with Gasteiger partial charge in [-0.2, -0.15) is 0 Å². The minimum Gasteiger partial charge on any atom is -0.314 e. The van der Waals surface area contributed by atoms with Crippen LogP contribution < -0.4 is 5.32 Å². The highest BCUT2D eigenvalue weighted by atomic mass is 15.1. The van der Waals surface area contributed by atoms with Crippen LogP contribution in [0.5, 0.6) is 0 Å². The second kappa shape index (κ2) is 7.42. The maximum atomic E-state index is 3.59. The van der Waals surface area contributed by atoms with E-state index >= 15 is 0 Å². The van der Waals surface area contributed by atoms with E-state index in [4.69, 9.17) is 0 Å². The minimum absolute atomic E-state index is 0.745. The summed E-state index contributed by atoms with van der Waals surface area (Å²) in [7, 11) is 0. The Morgan fingerprint density at radius 1 is 1.00 bits per heavy atom. The van der Waals surface area contributed by atoms with E-state index in [0.717, 1.165) is 31.6 Å². The maximum absolute atomic E-state index is 3.59. The van der Waals surface area contributed by atoms with E-state index in [1.807, 2.05) is 0 Å². The van der Waals surface area contributed by atoms with Gasteiger partial charge in [0.15, 0.2) is 0 Å². The molecule has 1 unspecified atom stereocenters.